The van der Waals surface area contributed by atoms with Crippen molar-refractivity contribution in [1.82, 2.24) is 10.2 Å². The van der Waals surface area contributed by atoms with Crippen molar-refractivity contribution >= 4 is 26.2 Å². The lowest BCUT2D eigenvalue weighted by Gasteiger charge is -2.22. The highest BCUT2D eigenvalue weighted by Gasteiger charge is 2.39. The number of benzene rings is 2. The summed E-state index contributed by atoms with van der Waals surface area (Å²) in [5, 5.41) is 12.1. The number of carbonyl (C=O) groups excluding carboxylic acids is 2. The van der Waals surface area contributed by atoms with E-state index in [1.54, 1.807) is 35.2 Å². The van der Waals surface area contributed by atoms with E-state index in [1.807, 2.05) is 30.3 Å². The highest BCUT2D eigenvalue weighted by molar-refractivity contribution is 7.40. The van der Waals surface area contributed by atoms with Crippen molar-refractivity contribution < 1.29 is 28.6 Å². The second-order valence-electron chi connectivity index (χ2n) is 7.94. The van der Waals surface area contributed by atoms with Crippen LogP contribution < -0.4 is 5.32 Å². The van der Waals surface area contributed by atoms with Crippen molar-refractivity contribution in [3.05, 3.63) is 71.8 Å². The summed E-state index contributed by atoms with van der Waals surface area (Å²) in [6.45, 7) is 0.573. The van der Waals surface area contributed by atoms with Crippen LogP contribution in [0.2, 0.25) is 0 Å². The standard InChI is InChI=1S/C24H27N2O6P/c27-17-20(16-26-15-7-12-21(26)24(29)30)32-33(31)22(14-13-18-8-3-1-4-9-18)25-23(28)19-10-5-2-6-11-19/h1-6,8-11,17,20-22H,7,12-16H2,(H-,25,28,29,30)/p+1/t20-,21-,22?/m0/s1. The Morgan fingerprint density at radius 3 is 2.45 bits per heavy atom. The lowest BCUT2D eigenvalue weighted by Crippen LogP contribution is -2.42. The van der Waals surface area contributed by atoms with Gasteiger partial charge in [-0.1, -0.05) is 48.5 Å². The molecule has 33 heavy (non-hydrogen) atoms. The molecule has 174 valence electrons. The molecule has 1 amide bonds. The lowest BCUT2D eigenvalue weighted by molar-refractivity contribution is -0.142. The minimum Gasteiger partial charge on any atom is -0.480 e. The predicted octanol–water partition coefficient (Wildman–Crippen LogP) is 3.25. The first-order valence-electron chi connectivity index (χ1n) is 10.9. The van der Waals surface area contributed by atoms with E-state index in [0.717, 1.165) is 5.56 Å². The number of aldehydes is 1. The quantitative estimate of drug-likeness (QED) is 0.361. The lowest BCUT2D eigenvalue weighted by atomic mass is 10.1. The summed E-state index contributed by atoms with van der Waals surface area (Å²) in [5.74, 6) is -2.14. The molecule has 2 N–H and O–H groups in total. The van der Waals surface area contributed by atoms with Gasteiger partial charge >= 0.3 is 14.0 Å². The number of carbonyl (C=O) groups is 3. The molecule has 1 aliphatic heterocycles. The molecule has 0 bridgehead atoms. The molecule has 2 aromatic rings. The number of likely N-dealkylation sites (tertiary alicyclic amines) is 1. The average Bonchev–Trinajstić information content (AvgIpc) is 3.30. The van der Waals surface area contributed by atoms with Gasteiger partial charge in [0.25, 0.3) is 11.7 Å². The number of hydrogen-bond donors (Lipinski definition) is 2. The fourth-order valence-corrected chi connectivity index (χ4v) is 4.96. The summed E-state index contributed by atoms with van der Waals surface area (Å²) in [6, 6.07) is 17.5. The van der Waals surface area contributed by atoms with Gasteiger partial charge in [-0.2, -0.15) is 0 Å². The Bertz CT molecular complexity index is 956. The summed E-state index contributed by atoms with van der Waals surface area (Å²) in [7, 11) is -2.45. The number of carboxylic acids is 1. The van der Waals surface area contributed by atoms with Crippen LogP contribution in [0.3, 0.4) is 0 Å². The van der Waals surface area contributed by atoms with E-state index >= 15 is 0 Å². The van der Waals surface area contributed by atoms with Crippen LogP contribution in [0, 0.1) is 0 Å². The van der Waals surface area contributed by atoms with Gasteiger partial charge in [0.2, 0.25) is 0 Å². The first-order valence-corrected chi connectivity index (χ1v) is 12.2. The molecule has 0 aromatic heterocycles. The molecule has 8 nitrogen and oxygen atoms in total. The minimum absolute atomic E-state index is 0.0412. The topological polar surface area (TPSA) is 113 Å². The van der Waals surface area contributed by atoms with E-state index in [1.165, 1.54) is 0 Å². The van der Waals surface area contributed by atoms with Crippen molar-refractivity contribution in [2.24, 2.45) is 0 Å². The van der Waals surface area contributed by atoms with E-state index in [2.05, 4.69) is 5.32 Å². The molecular weight excluding hydrogens is 443 g/mol. The normalized spacial score (nSPS) is 18.3. The Morgan fingerprint density at radius 2 is 1.82 bits per heavy atom. The van der Waals surface area contributed by atoms with Crippen LogP contribution in [0.25, 0.3) is 0 Å². The van der Waals surface area contributed by atoms with E-state index in [9.17, 15) is 24.1 Å². The zero-order chi connectivity index (χ0) is 23.6. The van der Waals surface area contributed by atoms with Gasteiger partial charge in [-0.05, 0) is 48.1 Å². The zero-order valence-corrected chi connectivity index (χ0v) is 19.1. The Morgan fingerprint density at radius 1 is 1.15 bits per heavy atom. The molecule has 0 aliphatic carbocycles. The predicted molar refractivity (Wildman–Crippen MR) is 123 cm³/mol. The van der Waals surface area contributed by atoms with Crippen molar-refractivity contribution in [1.29, 1.82) is 0 Å². The SMILES string of the molecule is O=C[C@H](CN1CCC[C@H]1C(=O)O)O[P+](=O)C(CCc1ccccc1)NC(=O)c1ccccc1. The molecule has 0 spiro atoms. The maximum atomic E-state index is 13.1. The Hall–Kier alpha value is -2.93. The summed E-state index contributed by atoms with van der Waals surface area (Å²) >= 11 is 0. The monoisotopic (exact) mass is 471 g/mol. The maximum Gasteiger partial charge on any atom is 0.534 e. The highest BCUT2D eigenvalue weighted by atomic mass is 31.1. The second kappa shape index (κ2) is 12.3. The number of carboxylic acid groups (broad SMARTS) is 1. The first-order chi connectivity index (χ1) is 16.0. The molecular formula is C24H28N2O6P+. The second-order valence-corrected chi connectivity index (χ2v) is 9.34. The van der Waals surface area contributed by atoms with Crippen LogP contribution in [-0.2, 0) is 25.1 Å². The van der Waals surface area contributed by atoms with E-state index in [4.69, 9.17) is 4.52 Å². The molecule has 1 fully saturated rings. The van der Waals surface area contributed by atoms with Crippen LogP contribution in [-0.4, -0.2) is 59.2 Å². The summed E-state index contributed by atoms with van der Waals surface area (Å²) < 4.78 is 18.7. The molecule has 1 heterocycles. The van der Waals surface area contributed by atoms with Gasteiger partial charge in [0, 0.05) is 18.5 Å². The van der Waals surface area contributed by atoms with E-state index in [-0.39, 0.29) is 12.5 Å². The Labute approximate surface area is 193 Å². The number of hydrogen-bond acceptors (Lipinski definition) is 6. The third-order valence-corrected chi connectivity index (χ3v) is 6.97. The number of rotatable bonds is 12. The number of aliphatic carboxylic acids is 1. The number of nitrogens with one attached hydrogen (secondary N) is 1. The van der Waals surface area contributed by atoms with E-state index < -0.39 is 31.9 Å². The summed E-state index contributed by atoms with van der Waals surface area (Å²) in [5.41, 5.74) is 1.45. The molecule has 0 saturated carbocycles. The average molecular weight is 471 g/mol. The van der Waals surface area contributed by atoms with Gasteiger partial charge in [-0.15, -0.1) is 4.52 Å². The summed E-state index contributed by atoms with van der Waals surface area (Å²) in [6.07, 6.45) is 1.61. The van der Waals surface area contributed by atoms with Crippen molar-refractivity contribution in [3.8, 4) is 0 Å². The number of amides is 1. The van der Waals surface area contributed by atoms with Crippen molar-refractivity contribution in [2.45, 2.75) is 43.6 Å². The molecule has 0 radical (unpaired) electrons. The fourth-order valence-electron chi connectivity index (χ4n) is 3.87. The van der Waals surface area contributed by atoms with Crippen molar-refractivity contribution in [3.63, 3.8) is 0 Å². The molecule has 2 aromatic carbocycles. The fraction of sp³-hybridized carbons (Fsp3) is 0.375. The van der Waals surface area contributed by atoms with Crippen LogP contribution in [0.15, 0.2) is 60.7 Å². The van der Waals surface area contributed by atoms with Gasteiger partial charge < -0.3 is 15.2 Å². The number of nitrogens with zero attached hydrogens (tertiary/aromatic N) is 1. The Kier molecular flexibility index (Phi) is 9.24. The molecule has 4 atom stereocenters. The third kappa shape index (κ3) is 7.29. The Balaban J connectivity index is 1.67. The first kappa shape index (κ1) is 24.7. The minimum atomic E-state index is -2.45. The van der Waals surface area contributed by atoms with Crippen LogP contribution in [0.5, 0.6) is 0 Å². The smallest absolute Gasteiger partial charge is 0.480 e. The van der Waals surface area contributed by atoms with Crippen LogP contribution >= 0.6 is 8.03 Å². The number of aryl methyl sites for hydroxylation is 1. The van der Waals surface area contributed by atoms with Gasteiger partial charge in [-0.25, -0.2) is 0 Å². The van der Waals surface area contributed by atoms with Gasteiger partial charge in [0.1, 0.15) is 6.04 Å². The largest absolute Gasteiger partial charge is 0.534 e. The molecule has 2 unspecified atom stereocenters. The van der Waals surface area contributed by atoms with Crippen LogP contribution in [0.1, 0.15) is 35.2 Å². The summed E-state index contributed by atoms with van der Waals surface area (Å²) in [4.78, 5) is 37.4. The van der Waals surface area contributed by atoms with Gasteiger partial charge in [0.15, 0.2) is 12.4 Å². The molecule has 1 aliphatic rings. The maximum absolute atomic E-state index is 13.1. The van der Waals surface area contributed by atoms with Crippen molar-refractivity contribution in [2.75, 3.05) is 13.1 Å². The highest BCUT2D eigenvalue weighted by Crippen LogP contribution is 2.33. The van der Waals surface area contributed by atoms with Gasteiger partial charge in [-0.3, -0.25) is 14.5 Å². The molecule has 9 heteroatoms. The molecule has 1 saturated heterocycles. The van der Waals surface area contributed by atoms with Gasteiger partial charge in [0.05, 0.1) is 0 Å². The third-order valence-electron chi connectivity index (χ3n) is 5.59. The van der Waals surface area contributed by atoms with Crippen LogP contribution in [0.4, 0.5) is 0 Å². The molecule has 3 rings (SSSR count). The van der Waals surface area contributed by atoms with E-state index in [0.29, 0.717) is 44.1 Å². The zero-order valence-electron chi connectivity index (χ0n) is 18.2.